The lowest BCUT2D eigenvalue weighted by molar-refractivity contribution is -0.0478. The highest BCUT2D eigenvalue weighted by atomic mass is 32.1. The van der Waals surface area contributed by atoms with Gasteiger partial charge >= 0.3 is 0 Å². The first kappa shape index (κ1) is 22.5. The maximum atomic E-state index is 6.02. The van der Waals surface area contributed by atoms with E-state index in [0.717, 1.165) is 51.3 Å². The van der Waals surface area contributed by atoms with Crippen LogP contribution in [0.2, 0.25) is 0 Å². The average Bonchev–Trinajstić information content (AvgIpc) is 3.28. The maximum absolute atomic E-state index is 6.02. The Morgan fingerprint density at radius 3 is 2.06 bits per heavy atom. The summed E-state index contributed by atoms with van der Waals surface area (Å²) in [6, 6.07) is 29.3. The van der Waals surface area contributed by atoms with E-state index < -0.39 is 0 Å². The molecule has 2 heterocycles. The minimum absolute atomic E-state index is 0.148. The number of thiazole rings is 1. The Bertz CT molecular complexity index is 1260. The van der Waals surface area contributed by atoms with E-state index in [1.54, 1.807) is 11.3 Å². The van der Waals surface area contributed by atoms with Gasteiger partial charge in [-0.2, -0.15) is 0 Å². The van der Waals surface area contributed by atoms with Crippen LogP contribution in [-0.2, 0) is 4.74 Å². The van der Waals surface area contributed by atoms with Crippen LogP contribution in [0.4, 0.5) is 5.00 Å². The van der Waals surface area contributed by atoms with E-state index in [1.807, 2.05) is 12.1 Å². The molecule has 1 fully saturated rings. The number of hydrogen-bond acceptors (Lipinski definition) is 4. The monoisotopic (exact) mass is 467 g/mol. The molecule has 0 radical (unpaired) electrons. The first-order valence-electron chi connectivity index (χ1n) is 11.7. The number of rotatable bonds is 4. The number of aliphatic imine (C=N–C) groups is 1. The summed E-state index contributed by atoms with van der Waals surface area (Å²) in [6.07, 6.45) is 0.295. The summed E-state index contributed by atoms with van der Waals surface area (Å²) in [5, 5.41) is 1.90. The topological polar surface area (TPSA) is 37.7 Å². The Morgan fingerprint density at radius 2 is 1.44 bits per heavy atom. The zero-order chi connectivity index (χ0) is 23.5. The maximum Gasteiger partial charge on any atom is 0.146 e. The SMILES string of the molecule is Cc1ccc(C(=Nc2sc(-c3ccccc3)nc2-c2ccccc2)N2C[C@H](C)O[C@@H](C)C2)cc1. The fourth-order valence-corrected chi connectivity index (χ4v) is 5.31. The predicted octanol–water partition coefficient (Wildman–Crippen LogP) is 6.97. The summed E-state index contributed by atoms with van der Waals surface area (Å²) in [7, 11) is 0. The quantitative estimate of drug-likeness (QED) is 0.240. The van der Waals surface area contributed by atoms with Crippen LogP contribution in [0.15, 0.2) is 89.9 Å². The van der Waals surface area contributed by atoms with Crippen LogP contribution in [0.5, 0.6) is 0 Å². The average molecular weight is 468 g/mol. The molecule has 34 heavy (non-hydrogen) atoms. The van der Waals surface area contributed by atoms with Gasteiger partial charge in [-0.3, -0.25) is 0 Å². The van der Waals surface area contributed by atoms with Crippen molar-refractivity contribution in [2.24, 2.45) is 4.99 Å². The molecular weight excluding hydrogens is 438 g/mol. The van der Waals surface area contributed by atoms with Gasteiger partial charge in [-0.05, 0) is 20.8 Å². The molecular formula is C29H29N3OS. The summed E-state index contributed by atoms with van der Waals surface area (Å²) >= 11 is 1.64. The van der Waals surface area contributed by atoms with Gasteiger partial charge in [0.05, 0.1) is 12.2 Å². The second kappa shape index (κ2) is 9.92. The molecule has 1 aliphatic heterocycles. The summed E-state index contributed by atoms with van der Waals surface area (Å²) in [6.45, 7) is 7.99. The summed E-state index contributed by atoms with van der Waals surface area (Å²) in [5.74, 6) is 0.974. The normalized spacial score (nSPS) is 18.8. The molecule has 0 N–H and O–H groups in total. The Kier molecular flexibility index (Phi) is 6.57. The van der Waals surface area contributed by atoms with E-state index in [9.17, 15) is 0 Å². The van der Waals surface area contributed by atoms with Crippen LogP contribution in [0.1, 0.15) is 25.0 Å². The van der Waals surface area contributed by atoms with E-state index in [0.29, 0.717) is 0 Å². The van der Waals surface area contributed by atoms with Gasteiger partial charge in [0.1, 0.15) is 21.5 Å². The lowest BCUT2D eigenvalue weighted by Gasteiger charge is -2.37. The van der Waals surface area contributed by atoms with Crippen LogP contribution in [0.25, 0.3) is 21.8 Å². The molecule has 0 aliphatic carbocycles. The van der Waals surface area contributed by atoms with E-state index >= 15 is 0 Å². The Morgan fingerprint density at radius 1 is 0.853 bits per heavy atom. The fourth-order valence-electron chi connectivity index (χ4n) is 4.34. The third kappa shape index (κ3) is 4.96. The Hall–Kier alpha value is -3.28. The van der Waals surface area contributed by atoms with Crippen molar-refractivity contribution >= 4 is 22.2 Å². The van der Waals surface area contributed by atoms with Crippen LogP contribution < -0.4 is 0 Å². The molecule has 4 aromatic rings. The lowest BCUT2D eigenvalue weighted by atomic mass is 10.1. The number of aromatic nitrogens is 1. The molecule has 1 saturated heterocycles. The summed E-state index contributed by atoms with van der Waals surface area (Å²) in [4.78, 5) is 12.7. The summed E-state index contributed by atoms with van der Waals surface area (Å²) < 4.78 is 6.02. The van der Waals surface area contributed by atoms with Crippen molar-refractivity contribution in [2.75, 3.05) is 13.1 Å². The first-order valence-corrected chi connectivity index (χ1v) is 12.6. The zero-order valence-electron chi connectivity index (χ0n) is 19.8. The second-order valence-corrected chi connectivity index (χ2v) is 9.85. The molecule has 1 aliphatic rings. The van der Waals surface area contributed by atoms with Crippen molar-refractivity contribution in [1.29, 1.82) is 0 Å². The highest BCUT2D eigenvalue weighted by Gasteiger charge is 2.26. The highest BCUT2D eigenvalue weighted by molar-refractivity contribution is 7.19. The van der Waals surface area contributed by atoms with Crippen LogP contribution >= 0.6 is 11.3 Å². The molecule has 172 valence electrons. The Labute approximate surface area is 205 Å². The zero-order valence-corrected chi connectivity index (χ0v) is 20.6. The van der Waals surface area contributed by atoms with Gasteiger partial charge in [-0.15, -0.1) is 0 Å². The molecule has 0 unspecified atom stereocenters. The molecule has 0 saturated carbocycles. The van der Waals surface area contributed by atoms with Gasteiger partial charge < -0.3 is 9.64 Å². The highest BCUT2D eigenvalue weighted by Crippen LogP contribution is 2.40. The van der Waals surface area contributed by atoms with Crippen molar-refractivity contribution in [3.05, 3.63) is 96.1 Å². The summed E-state index contributed by atoms with van der Waals surface area (Å²) in [5.41, 5.74) is 5.45. The van der Waals surface area contributed by atoms with Gasteiger partial charge in [0.25, 0.3) is 0 Å². The molecule has 1 aromatic heterocycles. The number of ether oxygens (including phenoxy) is 1. The van der Waals surface area contributed by atoms with Gasteiger partial charge in [-0.25, -0.2) is 9.98 Å². The van der Waals surface area contributed by atoms with Gasteiger partial charge in [0, 0.05) is 29.8 Å². The number of aryl methyl sites for hydroxylation is 1. The first-order chi connectivity index (χ1) is 16.6. The number of hydrogen-bond donors (Lipinski definition) is 0. The number of benzene rings is 3. The van der Waals surface area contributed by atoms with Gasteiger partial charge in [-0.1, -0.05) is 102 Å². The van der Waals surface area contributed by atoms with E-state index in [-0.39, 0.29) is 12.2 Å². The minimum atomic E-state index is 0.148. The molecule has 4 nitrogen and oxygen atoms in total. The Balaban J connectivity index is 1.66. The van der Waals surface area contributed by atoms with E-state index in [4.69, 9.17) is 14.7 Å². The largest absolute Gasteiger partial charge is 0.372 e. The van der Waals surface area contributed by atoms with Gasteiger partial charge in [0.2, 0.25) is 0 Å². The van der Waals surface area contributed by atoms with Gasteiger partial charge in [0.15, 0.2) is 0 Å². The molecule has 5 rings (SSSR count). The van der Waals surface area contributed by atoms with E-state index in [2.05, 4.69) is 98.5 Å². The third-order valence-corrected chi connectivity index (χ3v) is 6.91. The smallest absolute Gasteiger partial charge is 0.146 e. The molecule has 5 heteroatoms. The predicted molar refractivity (Wildman–Crippen MR) is 142 cm³/mol. The molecule has 0 amide bonds. The minimum Gasteiger partial charge on any atom is -0.372 e. The fraction of sp³-hybridized carbons (Fsp3) is 0.241. The van der Waals surface area contributed by atoms with Crippen molar-refractivity contribution < 1.29 is 4.74 Å². The third-order valence-electron chi connectivity index (χ3n) is 5.91. The van der Waals surface area contributed by atoms with Crippen molar-refractivity contribution in [3.8, 4) is 21.8 Å². The van der Waals surface area contributed by atoms with Crippen molar-refractivity contribution in [1.82, 2.24) is 9.88 Å². The van der Waals surface area contributed by atoms with Crippen molar-refractivity contribution in [2.45, 2.75) is 33.0 Å². The molecule has 3 aromatic carbocycles. The van der Waals surface area contributed by atoms with Crippen LogP contribution in [-0.4, -0.2) is 41.0 Å². The van der Waals surface area contributed by atoms with Crippen LogP contribution in [0.3, 0.4) is 0 Å². The lowest BCUT2D eigenvalue weighted by Crippen LogP contribution is -2.48. The number of amidine groups is 1. The second-order valence-electron chi connectivity index (χ2n) is 8.87. The molecule has 0 spiro atoms. The van der Waals surface area contributed by atoms with Crippen LogP contribution in [0, 0.1) is 6.92 Å². The molecule has 0 bridgehead atoms. The standard InChI is InChI=1S/C29H29N3OS/c1-20-14-16-24(17-15-20)27(32-18-21(2)33-22(3)19-32)31-29-26(23-10-6-4-7-11-23)30-28(34-29)25-12-8-5-9-13-25/h4-17,21-22H,18-19H2,1-3H3/t21-,22-/m0/s1. The van der Waals surface area contributed by atoms with Crippen molar-refractivity contribution in [3.63, 3.8) is 0 Å². The van der Waals surface area contributed by atoms with E-state index in [1.165, 1.54) is 5.56 Å². The molecule has 2 atom stereocenters. The number of nitrogens with zero attached hydrogens (tertiary/aromatic N) is 3. The number of morpholine rings is 1.